The van der Waals surface area contributed by atoms with E-state index in [1.807, 2.05) is 31.2 Å². The van der Waals surface area contributed by atoms with Gasteiger partial charge in [0.1, 0.15) is 12.4 Å². The molecule has 0 amide bonds. The molecule has 0 aliphatic carbocycles. The Labute approximate surface area is 109 Å². The number of rotatable bonds is 10. The van der Waals surface area contributed by atoms with E-state index < -0.39 is 0 Å². The fourth-order valence-electron chi connectivity index (χ4n) is 1.50. The van der Waals surface area contributed by atoms with Crippen molar-refractivity contribution < 1.29 is 14.2 Å². The molecule has 0 aliphatic rings. The van der Waals surface area contributed by atoms with Gasteiger partial charge in [0.15, 0.2) is 0 Å². The van der Waals surface area contributed by atoms with E-state index in [0.29, 0.717) is 33.0 Å². The van der Waals surface area contributed by atoms with Crippen LogP contribution in [0.3, 0.4) is 0 Å². The van der Waals surface area contributed by atoms with E-state index in [-0.39, 0.29) is 0 Å². The van der Waals surface area contributed by atoms with Gasteiger partial charge in [0.25, 0.3) is 0 Å². The van der Waals surface area contributed by atoms with Crippen molar-refractivity contribution in [2.75, 3.05) is 39.6 Å². The molecular weight excluding hydrogens is 230 g/mol. The fraction of sp³-hybridized carbons (Fsp3) is 0.571. The highest BCUT2D eigenvalue weighted by Crippen LogP contribution is 2.12. The first-order valence-corrected chi connectivity index (χ1v) is 6.44. The Hall–Kier alpha value is -1.10. The Bertz CT molecular complexity index is 300. The van der Waals surface area contributed by atoms with Crippen molar-refractivity contribution in [1.29, 1.82) is 0 Å². The summed E-state index contributed by atoms with van der Waals surface area (Å²) in [6.45, 7) is 5.78. The predicted molar refractivity (Wildman–Crippen MR) is 72.0 cm³/mol. The highest BCUT2D eigenvalue weighted by molar-refractivity contribution is 5.27. The maximum atomic E-state index is 5.55. The Morgan fingerprint density at radius 3 is 2.28 bits per heavy atom. The van der Waals surface area contributed by atoms with Gasteiger partial charge in [-0.2, -0.15) is 0 Å². The van der Waals surface area contributed by atoms with Crippen molar-refractivity contribution in [3.8, 4) is 5.75 Å². The standard InChI is InChI=1S/C14H23NO3/c1-2-16-9-10-17-11-12-18-14-5-3-13(4-6-14)7-8-15/h3-6H,2,7-12,15H2,1H3. The molecule has 0 spiro atoms. The van der Waals surface area contributed by atoms with Gasteiger partial charge < -0.3 is 19.9 Å². The second kappa shape index (κ2) is 9.88. The summed E-state index contributed by atoms with van der Waals surface area (Å²) in [5.41, 5.74) is 6.72. The Morgan fingerprint density at radius 1 is 0.944 bits per heavy atom. The zero-order chi connectivity index (χ0) is 13.1. The molecule has 1 rings (SSSR count). The summed E-state index contributed by atoms with van der Waals surface area (Å²) >= 11 is 0. The zero-order valence-electron chi connectivity index (χ0n) is 11.1. The summed E-state index contributed by atoms with van der Waals surface area (Å²) in [7, 11) is 0. The van der Waals surface area contributed by atoms with Crippen molar-refractivity contribution in [2.45, 2.75) is 13.3 Å². The number of nitrogens with two attached hydrogens (primary N) is 1. The first kappa shape index (κ1) is 15.0. The van der Waals surface area contributed by atoms with Gasteiger partial charge in [-0.15, -0.1) is 0 Å². The number of benzene rings is 1. The Morgan fingerprint density at radius 2 is 1.61 bits per heavy atom. The van der Waals surface area contributed by atoms with Crippen molar-refractivity contribution in [2.24, 2.45) is 5.73 Å². The summed E-state index contributed by atoms with van der Waals surface area (Å²) in [5, 5.41) is 0. The molecule has 102 valence electrons. The van der Waals surface area contributed by atoms with E-state index in [0.717, 1.165) is 18.8 Å². The van der Waals surface area contributed by atoms with Gasteiger partial charge in [0, 0.05) is 6.61 Å². The molecule has 1 aromatic carbocycles. The van der Waals surface area contributed by atoms with E-state index in [1.54, 1.807) is 0 Å². The fourth-order valence-corrected chi connectivity index (χ4v) is 1.50. The van der Waals surface area contributed by atoms with E-state index in [9.17, 15) is 0 Å². The lowest BCUT2D eigenvalue weighted by Crippen LogP contribution is -2.10. The normalized spacial score (nSPS) is 10.6. The second-order valence-electron chi connectivity index (χ2n) is 3.84. The molecule has 4 heteroatoms. The molecule has 18 heavy (non-hydrogen) atoms. The van der Waals surface area contributed by atoms with Crippen LogP contribution in [0.5, 0.6) is 5.75 Å². The van der Waals surface area contributed by atoms with Crippen LogP contribution in [0.2, 0.25) is 0 Å². The first-order chi connectivity index (χ1) is 8.86. The first-order valence-electron chi connectivity index (χ1n) is 6.44. The van der Waals surface area contributed by atoms with Gasteiger partial charge in [0.05, 0.1) is 19.8 Å². The minimum absolute atomic E-state index is 0.558. The van der Waals surface area contributed by atoms with Gasteiger partial charge in [0.2, 0.25) is 0 Å². The minimum Gasteiger partial charge on any atom is -0.491 e. The number of ether oxygens (including phenoxy) is 3. The minimum atomic E-state index is 0.558. The third-order valence-electron chi connectivity index (χ3n) is 2.43. The van der Waals surface area contributed by atoms with Crippen LogP contribution in [0.1, 0.15) is 12.5 Å². The average molecular weight is 253 g/mol. The van der Waals surface area contributed by atoms with Crippen LogP contribution in [0.15, 0.2) is 24.3 Å². The van der Waals surface area contributed by atoms with Crippen LogP contribution >= 0.6 is 0 Å². The molecular formula is C14H23NO3. The van der Waals surface area contributed by atoms with Gasteiger partial charge in [-0.25, -0.2) is 0 Å². The molecule has 0 bridgehead atoms. The average Bonchev–Trinajstić information content (AvgIpc) is 2.40. The van der Waals surface area contributed by atoms with Crippen molar-refractivity contribution in [3.63, 3.8) is 0 Å². The molecule has 0 radical (unpaired) electrons. The molecule has 0 aromatic heterocycles. The lowest BCUT2D eigenvalue weighted by molar-refractivity contribution is 0.0405. The largest absolute Gasteiger partial charge is 0.491 e. The number of hydrogen-bond donors (Lipinski definition) is 1. The number of hydrogen-bond acceptors (Lipinski definition) is 4. The quantitative estimate of drug-likeness (QED) is 0.644. The molecule has 0 unspecified atom stereocenters. The topological polar surface area (TPSA) is 53.7 Å². The van der Waals surface area contributed by atoms with Crippen molar-refractivity contribution in [1.82, 2.24) is 0 Å². The van der Waals surface area contributed by atoms with Crippen LogP contribution in [0, 0.1) is 0 Å². The Kier molecular flexibility index (Phi) is 8.21. The molecule has 1 aromatic rings. The monoisotopic (exact) mass is 253 g/mol. The molecule has 0 saturated carbocycles. The third-order valence-corrected chi connectivity index (χ3v) is 2.43. The van der Waals surface area contributed by atoms with Gasteiger partial charge in [-0.05, 0) is 37.6 Å². The molecule has 0 atom stereocenters. The molecule has 0 aliphatic heterocycles. The van der Waals surface area contributed by atoms with Crippen LogP contribution in [0.25, 0.3) is 0 Å². The smallest absolute Gasteiger partial charge is 0.119 e. The molecule has 2 N–H and O–H groups in total. The predicted octanol–water partition coefficient (Wildman–Crippen LogP) is 1.62. The molecule has 0 saturated heterocycles. The highest BCUT2D eigenvalue weighted by Gasteiger charge is 1.95. The van der Waals surface area contributed by atoms with Crippen LogP contribution in [-0.4, -0.2) is 39.6 Å². The van der Waals surface area contributed by atoms with Gasteiger partial charge >= 0.3 is 0 Å². The SMILES string of the molecule is CCOCCOCCOc1ccc(CCN)cc1. The Balaban J connectivity index is 2.08. The summed E-state index contributed by atoms with van der Waals surface area (Å²) in [5.74, 6) is 0.865. The van der Waals surface area contributed by atoms with E-state index in [4.69, 9.17) is 19.9 Å². The summed E-state index contributed by atoms with van der Waals surface area (Å²) < 4.78 is 16.1. The maximum Gasteiger partial charge on any atom is 0.119 e. The van der Waals surface area contributed by atoms with Crippen LogP contribution in [0.4, 0.5) is 0 Å². The van der Waals surface area contributed by atoms with Crippen molar-refractivity contribution in [3.05, 3.63) is 29.8 Å². The van der Waals surface area contributed by atoms with Crippen molar-refractivity contribution >= 4 is 0 Å². The lowest BCUT2D eigenvalue weighted by Gasteiger charge is -2.08. The zero-order valence-corrected chi connectivity index (χ0v) is 11.1. The van der Waals surface area contributed by atoms with Gasteiger partial charge in [-0.3, -0.25) is 0 Å². The van der Waals surface area contributed by atoms with Crippen LogP contribution in [-0.2, 0) is 15.9 Å². The molecule has 4 nitrogen and oxygen atoms in total. The summed E-state index contributed by atoms with van der Waals surface area (Å²) in [6, 6.07) is 8.01. The summed E-state index contributed by atoms with van der Waals surface area (Å²) in [6.07, 6.45) is 0.904. The second-order valence-corrected chi connectivity index (χ2v) is 3.84. The van der Waals surface area contributed by atoms with E-state index in [1.165, 1.54) is 5.56 Å². The van der Waals surface area contributed by atoms with E-state index >= 15 is 0 Å². The highest BCUT2D eigenvalue weighted by atomic mass is 16.5. The van der Waals surface area contributed by atoms with Gasteiger partial charge in [-0.1, -0.05) is 12.1 Å². The summed E-state index contributed by atoms with van der Waals surface area (Å²) in [4.78, 5) is 0. The lowest BCUT2D eigenvalue weighted by atomic mass is 10.1. The third kappa shape index (κ3) is 6.59. The molecule has 0 heterocycles. The maximum absolute atomic E-state index is 5.55. The molecule has 0 fully saturated rings. The van der Waals surface area contributed by atoms with E-state index in [2.05, 4.69) is 0 Å². The van der Waals surface area contributed by atoms with Crippen LogP contribution < -0.4 is 10.5 Å².